The number of rotatable bonds is 9. The summed E-state index contributed by atoms with van der Waals surface area (Å²) in [5.41, 5.74) is -0.470. The quantitative estimate of drug-likeness (QED) is 0.219. The Morgan fingerprint density at radius 3 is 2.42 bits per heavy atom. The summed E-state index contributed by atoms with van der Waals surface area (Å²) >= 11 is 0. The van der Waals surface area contributed by atoms with Gasteiger partial charge < -0.3 is 29.4 Å². The Hall–Kier alpha value is -1.97. The topological polar surface area (TPSA) is 120 Å². The molecule has 2 N–H and O–H groups in total. The summed E-state index contributed by atoms with van der Waals surface area (Å²) < 4.78 is 24.6. The Morgan fingerprint density at radius 1 is 1.02 bits per heavy atom. The van der Waals surface area contributed by atoms with Crippen LogP contribution in [0.4, 0.5) is 0 Å². The lowest BCUT2D eigenvalue weighted by atomic mass is 9.34. The van der Waals surface area contributed by atoms with Gasteiger partial charge in [-0.1, -0.05) is 60.1 Å². The third kappa shape index (κ3) is 5.39. The number of aliphatic carboxylic acids is 1. The first-order chi connectivity index (χ1) is 22.5. The number of carbonyl (C=O) groups is 3. The molecule has 48 heavy (non-hydrogen) atoms. The van der Waals surface area contributed by atoms with E-state index in [1.54, 1.807) is 0 Å². The number of carbonyl (C=O) groups excluding carboxylic acids is 2. The van der Waals surface area contributed by atoms with E-state index in [0.717, 1.165) is 45.1 Å². The number of hydrogen-bond acceptors (Lipinski definition) is 8. The smallest absolute Gasteiger partial charge is 0.320 e. The summed E-state index contributed by atoms with van der Waals surface area (Å²) in [6.45, 7) is 19.6. The first kappa shape index (κ1) is 35.8. The maximum Gasteiger partial charge on any atom is 0.320 e. The van der Waals surface area contributed by atoms with E-state index in [2.05, 4.69) is 59.9 Å². The van der Waals surface area contributed by atoms with Crippen LogP contribution < -0.4 is 5.32 Å². The molecular weight excluding hydrogens is 610 g/mol. The molecule has 2 aliphatic heterocycles. The molecule has 0 aromatic heterocycles. The monoisotopic (exact) mass is 671 g/mol. The molecule has 9 nitrogen and oxygen atoms in total. The molecule has 0 amide bonds. The molecule has 270 valence electrons. The molecule has 5 fully saturated rings. The fourth-order valence-electron chi connectivity index (χ4n) is 12.4. The van der Waals surface area contributed by atoms with Gasteiger partial charge in [0.1, 0.15) is 12.2 Å². The Kier molecular flexibility index (Phi) is 9.46. The van der Waals surface area contributed by atoms with Crippen LogP contribution in [0.15, 0.2) is 11.6 Å². The molecule has 3 saturated carbocycles. The number of esters is 2. The molecule has 6 rings (SSSR count). The molecular formula is C39H61NO8. The van der Waals surface area contributed by atoms with Gasteiger partial charge >= 0.3 is 17.9 Å². The second kappa shape index (κ2) is 12.7. The lowest BCUT2D eigenvalue weighted by Gasteiger charge is -2.71. The zero-order chi connectivity index (χ0) is 34.9. The van der Waals surface area contributed by atoms with Gasteiger partial charge in [0.15, 0.2) is 0 Å². The highest BCUT2D eigenvalue weighted by Crippen LogP contribution is 2.75. The fourth-order valence-corrected chi connectivity index (χ4v) is 12.4. The van der Waals surface area contributed by atoms with Gasteiger partial charge in [-0.3, -0.25) is 14.4 Å². The van der Waals surface area contributed by atoms with Crippen LogP contribution in [-0.4, -0.2) is 74.2 Å². The average Bonchev–Trinajstić information content (AvgIpc) is 3.52. The van der Waals surface area contributed by atoms with Crippen molar-refractivity contribution in [2.75, 3.05) is 32.9 Å². The third-order valence-corrected chi connectivity index (χ3v) is 15.3. The van der Waals surface area contributed by atoms with Gasteiger partial charge in [0, 0.05) is 30.9 Å². The molecule has 12 atom stereocenters. The van der Waals surface area contributed by atoms with Crippen molar-refractivity contribution in [1.82, 2.24) is 5.32 Å². The minimum Gasteiger partial charge on any atom is -0.481 e. The van der Waals surface area contributed by atoms with Crippen LogP contribution in [-0.2, 0) is 33.3 Å². The van der Waals surface area contributed by atoms with Gasteiger partial charge in [-0.25, -0.2) is 0 Å². The molecule has 2 bridgehead atoms. The molecule has 0 aromatic carbocycles. The van der Waals surface area contributed by atoms with Crippen LogP contribution in [0, 0.1) is 56.7 Å². The third-order valence-electron chi connectivity index (χ3n) is 15.3. The van der Waals surface area contributed by atoms with E-state index in [9.17, 15) is 19.5 Å². The Balaban J connectivity index is 1.32. The zero-order valence-electron chi connectivity index (χ0n) is 30.7. The van der Waals surface area contributed by atoms with Crippen molar-refractivity contribution in [3.05, 3.63) is 11.6 Å². The molecule has 9 heteroatoms. The summed E-state index contributed by atoms with van der Waals surface area (Å²) in [5, 5.41) is 14.2. The van der Waals surface area contributed by atoms with Crippen molar-refractivity contribution < 1.29 is 38.4 Å². The Labute approximate surface area is 287 Å². The fraction of sp³-hybridized carbons (Fsp3) is 0.872. The first-order valence-corrected chi connectivity index (χ1v) is 18.7. The van der Waals surface area contributed by atoms with E-state index in [1.165, 1.54) is 12.5 Å². The lowest BCUT2D eigenvalue weighted by molar-refractivity contribution is -0.262. The SMILES string of the molecule is CC(=O)O[C@@H]1C[C@@]23COC[C@](C)([C@@H]2CC[C@H]2C3=CC[C@@]3(C)[C@H](C(=O)O)[C@@](C)([C@H](C)C(C)C)CC[C@]23C)[C@H]1OC(=O)CNCC1CCCO1. The zero-order valence-corrected chi connectivity index (χ0v) is 30.7. The second-order valence-corrected chi connectivity index (χ2v) is 17.9. The number of allylic oxidation sites excluding steroid dienone is 1. The molecule has 4 aliphatic carbocycles. The lowest BCUT2D eigenvalue weighted by Crippen LogP contribution is -2.70. The van der Waals surface area contributed by atoms with Crippen molar-refractivity contribution in [2.24, 2.45) is 56.7 Å². The summed E-state index contributed by atoms with van der Waals surface area (Å²) in [6.07, 6.45) is 8.32. The maximum absolute atomic E-state index is 13.4. The van der Waals surface area contributed by atoms with E-state index < -0.39 is 34.9 Å². The molecule has 1 unspecified atom stereocenters. The van der Waals surface area contributed by atoms with Crippen LogP contribution in [0.5, 0.6) is 0 Å². The van der Waals surface area contributed by atoms with Gasteiger partial charge in [-0.15, -0.1) is 0 Å². The highest BCUT2D eigenvalue weighted by Gasteiger charge is 2.72. The van der Waals surface area contributed by atoms with Crippen LogP contribution >= 0.6 is 0 Å². The van der Waals surface area contributed by atoms with Gasteiger partial charge in [0.25, 0.3) is 0 Å². The number of ether oxygens (including phenoxy) is 4. The van der Waals surface area contributed by atoms with Gasteiger partial charge in [0.05, 0.1) is 31.8 Å². The average molecular weight is 672 g/mol. The summed E-state index contributed by atoms with van der Waals surface area (Å²) in [5.74, 6) is -0.801. The summed E-state index contributed by atoms with van der Waals surface area (Å²) in [7, 11) is 0. The highest BCUT2D eigenvalue weighted by molar-refractivity contribution is 5.73. The van der Waals surface area contributed by atoms with Crippen molar-refractivity contribution in [2.45, 2.75) is 125 Å². The van der Waals surface area contributed by atoms with Crippen LogP contribution in [0.2, 0.25) is 0 Å². The van der Waals surface area contributed by atoms with Gasteiger partial charge in [0.2, 0.25) is 0 Å². The predicted octanol–water partition coefficient (Wildman–Crippen LogP) is 6.19. The van der Waals surface area contributed by atoms with E-state index in [1.807, 2.05) is 0 Å². The highest BCUT2D eigenvalue weighted by atomic mass is 16.6. The van der Waals surface area contributed by atoms with E-state index in [-0.39, 0.29) is 58.6 Å². The van der Waals surface area contributed by atoms with E-state index in [0.29, 0.717) is 38.5 Å². The molecule has 0 radical (unpaired) electrons. The van der Waals surface area contributed by atoms with E-state index >= 15 is 0 Å². The normalized spacial score (nSPS) is 45.6. The Bertz CT molecular complexity index is 1310. The number of hydrogen-bond donors (Lipinski definition) is 2. The molecule has 6 aliphatic rings. The number of carboxylic acid groups (broad SMARTS) is 1. The van der Waals surface area contributed by atoms with Crippen LogP contribution in [0.3, 0.4) is 0 Å². The minimum absolute atomic E-state index is 0.0686. The second-order valence-electron chi connectivity index (χ2n) is 17.9. The standard InChI is InChI=1S/C39H61NO8/c1-23(2)24(3)35(5)15-16-37(7)27-11-12-30-36(6)21-45-22-39(30,28(27)13-14-38(37,8)32(35)34(43)44)18-29(47-25(4)41)33(36)48-31(42)20-40-19-26-10-9-17-46-26/h13,23-24,26-27,29-30,32-33,40H,9-12,14-22H2,1-8H3,(H,43,44)/t24-,26?,27+,29-,30+,32-,33+,35-,36-,37-,38+,39+/m1/s1. The molecule has 2 heterocycles. The minimum atomic E-state index is -0.668. The van der Waals surface area contributed by atoms with Crippen LogP contribution in [0.1, 0.15) is 107 Å². The van der Waals surface area contributed by atoms with Crippen molar-refractivity contribution >= 4 is 17.9 Å². The van der Waals surface area contributed by atoms with Gasteiger partial charge in [-0.2, -0.15) is 0 Å². The van der Waals surface area contributed by atoms with Crippen molar-refractivity contribution in [3.63, 3.8) is 0 Å². The molecule has 2 saturated heterocycles. The van der Waals surface area contributed by atoms with Crippen molar-refractivity contribution in [3.8, 4) is 0 Å². The number of nitrogens with one attached hydrogen (secondary N) is 1. The summed E-state index contributed by atoms with van der Waals surface area (Å²) in [6, 6.07) is 0. The number of fused-ring (bicyclic) bond motifs is 3. The maximum atomic E-state index is 13.4. The van der Waals surface area contributed by atoms with Crippen LogP contribution in [0.25, 0.3) is 0 Å². The van der Waals surface area contributed by atoms with E-state index in [4.69, 9.17) is 18.9 Å². The largest absolute Gasteiger partial charge is 0.481 e. The van der Waals surface area contributed by atoms with Crippen molar-refractivity contribution in [1.29, 1.82) is 0 Å². The van der Waals surface area contributed by atoms with Gasteiger partial charge in [-0.05, 0) is 91.3 Å². The molecule has 0 spiro atoms. The predicted molar refractivity (Wildman–Crippen MR) is 181 cm³/mol. The number of carboxylic acids is 1. The Morgan fingerprint density at radius 2 is 1.77 bits per heavy atom. The first-order valence-electron chi connectivity index (χ1n) is 18.7. The summed E-state index contributed by atoms with van der Waals surface area (Å²) in [4.78, 5) is 39.2. The molecule has 0 aromatic rings.